The number of hydrogen-bond acceptors (Lipinski definition) is 3. The summed E-state index contributed by atoms with van der Waals surface area (Å²) in [5.41, 5.74) is 1.55. The first kappa shape index (κ1) is 16.1. The van der Waals surface area contributed by atoms with E-state index in [0.717, 1.165) is 16.9 Å². The van der Waals surface area contributed by atoms with Gasteiger partial charge >= 0.3 is 0 Å². The van der Waals surface area contributed by atoms with Gasteiger partial charge in [0, 0.05) is 33.1 Å². The molecule has 2 aromatic rings. The van der Waals surface area contributed by atoms with Gasteiger partial charge in [0.1, 0.15) is 12.5 Å². The van der Waals surface area contributed by atoms with Gasteiger partial charge in [0.15, 0.2) is 0 Å². The molecule has 0 saturated heterocycles. The zero-order valence-corrected chi connectivity index (χ0v) is 13.9. The molecule has 0 amide bonds. The fraction of sp³-hybridized carbons (Fsp3) is 0.533. The molecule has 0 aliphatic heterocycles. The lowest BCUT2D eigenvalue weighted by Crippen LogP contribution is -2.22. The molecule has 0 fully saturated rings. The molecule has 2 rings (SSSR count). The van der Waals surface area contributed by atoms with Crippen LogP contribution in [-0.2, 0) is 17.9 Å². The van der Waals surface area contributed by atoms with Gasteiger partial charge in [-0.2, -0.15) is 5.10 Å². The summed E-state index contributed by atoms with van der Waals surface area (Å²) in [4.78, 5) is 0. The van der Waals surface area contributed by atoms with Crippen LogP contribution in [0.15, 0.2) is 18.2 Å². The van der Waals surface area contributed by atoms with Crippen molar-refractivity contribution in [1.82, 2.24) is 9.78 Å². The Hall–Kier alpha value is -1.24. The van der Waals surface area contributed by atoms with E-state index in [4.69, 9.17) is 9.84 Å². The smallest absolute Gasteiger partial charge is 0.140 e. The fourth-order valence-corrected chi connectivity index (χ4v) is 2.89. The molecule has 0 spiro atoms. The molecule has 116 valence electrons. The Morgan fingerprint density at radius 3 is 2.76 bits per heavy atom. The summed E-state index contributed by atoms with van der Waals surface area (Å²) in [7, 11) is -1.10. The maximum Gasteiger partial charge on any atom is 0.140 e. The van der Waals surface area contributed by atoms with E-state index in [1.807, 2.05) is 0 Å². The number of aromatic nitrogens is 2. The second-order valence-electron chi connectivity index (χ2n) is 6.43. The first-order valence-electron chi connectivity index (χ1n) is 7.24. The average Bonchev–Trinajstić information content (AvgIpc) is 2.72. The molecule has 6 heteroatoms. The van der Waals surface area contributed by atoms with Crippen LogP contribution >= 0.6 is 0 Å². The van der Waals surface area contributed by atoms with Crippen molar-refractivity contribution in [3.05, 3.63) is 29.7 Å². The largest absolute Gasteiger partial charge is 0.396 e. The highest BCUT2D eigenvalue weighted by Gasteiger charge is 2.14. The van der Waals surface area contributed by atoms with Crippen LogP contribution in [0, 0.1) is 5.82 Å². The number of rotatable bonds is 7. The van der Waals surface area contributed by atoms with Gasteiger partial charge < -0.3 is 9.84 Å². The van der Waals surface area contributed by atoms with E-state index in [1.165, 1.54) is 12.1 Å². The Balaban J connectivity index is 2.12. The van der Waals surface area contributed by atoms with Gasteiger partial charge in [-0.15, -0.1) is 0 Å². The van der Waals surface area contributed by atoms with E-state index in [2.05, 4.69) is 24.7 Å². The quantitative estimate of drug-likeness (QED) is 0.631. The van der Waals surface area contributed by atoms with Crippen LogP contribution < -0.4 is 0 Å². The van der Waals surface area contributed by atoms with Crippen molar-refractivity contribution < 1.29 is 14.2 Å². The summed E-state index contributed by atoms with van der Waals surface area (Å²) in [6, 6.07) is 5.70. The van der Waals surface area contributed by atoms with Crippen molar-refractivity contribution in [2.45, 2.75) is 38.8 Å². The van der Waals surface area contributed by atoms with Crippen molar-refractivity contribution in [2.24, 2.45) is 0 Å². The lowest BCUT2D eigenvalue weighted by atomic mass is 10.2. The van der Waals surface area contributed by atoms with Crippen LogP contribution in [0.4, 0.5) is 4.39 Å². The highest BCUT2D eigenvalue weighted by atomic mass is 28.3. The minimum Gasteiger partial charge on any atom is -0.396 e. The number of fused-ring (bicyclic) bond motifs is 1. The number of aliphatic hydroxyl groups is 1. The third-order valence-corrected chi connectivity index (χ3v) is 5.05. The van der Waals surface area contributed by atoms with Gasteiger partial charge in [0.25, 0.3) is 0 Å². The molecule has 4 nitrogen and oxygen atoms in total. The van der Waals surface area contributed by atoms with Crippen molar-refractivity contribution in [3.63, 3.8) is 0 Å². The monoisotopic (exact) mass is 310 g/mol. The van der Waals surface area contributed by atoms with Crippen LogP contribution in [0.3, 0.4) is 0 Å². The van der Waals surface area contributed by atoms with E-state index in [-0.39, 0.29) is 12.4 Å². The maximum absolute atomic E-state index is 13.4. The summed E-state index contributed by atoms with van der Waals surface area (Å²) in [5.74, 6) is -0.291. The summed E-state index contributed by atoms with van der Waals surface area (Å²) >= 11 is 0. The summed E-state index contributed by atoms with van der Waals surface area (Å²) in [5, 5.41) is 14.3. The van der Waals surface area contributed by atoms with E-state index in [0.29, 0.717) is 25.5 Å². The third kappa shape index (κ3) is 4.36. The highest BCUT2D eigenvalue weighted by Crippen LogP contribution is 2.20. The van der Waals surface area contributed by atoms with Gasteiger partial charge in [0.05, 0.1) is 11.2 Å². The van der Waals surface area contributed by atoms with Gasteiger partial charge in [0.2, 0.25) is 0 Å². The molecule has 0 unspecified atom stereocenters. The Morgan fingerprint density at radius 2 is 2.10 bits per heavy atom. The lowest BCUT2D eigenvalue weighted by Gasteiger charge is -2.15. The summed E-state index contributed by atoms with van der Waals surface area (Å²) < 4.78 is 20.8. The van der Waals surface area contributed by atoms with E-state index < -0.39 is 8.07 Å². The SMILES string of the molecule is C[Si](C)(C)CCOCn1nc(CCO)c2cc(F)ccc21. The second-order valence-corrected chi connectivity index (χ2v) is 12.1. The maximum atomic E-state index is 13.4. The molecular formula is C15H23FN2O2Si. The van der Waals surface area contributed by atoms with E-state index in [9.17, 15) is 4.39 Å². The predicted octanol–water partition coefficient (Wildman–Crippen LogP) is 3.02. The molecule has 1 aromatic heterocycles. The molecule has 0 bridgehead atoms. The topological polar surface area (TPSA) is 47.3 Å². The minimum absolute atomic E-state index is 0.000885. The van der Waals surface area contributed by atoms with Gasteiger partial charge in [-0.3, -0.25) is 0 Å². The molecule has 1 heterocycles. The van der Waals surface area contributed by atoms with Crippen molar-refractivity contribution in [1.29, 1.82) is 0 Å². The molecule has 1 aromatic carbocycles. The first-order valence-corrected chi connectivity index (χ1v) is 10.9. The van der Waals surface area contributed by atoms with Crippen LogP contribution in [0.2, 0.25) is 25.7 Å². The Morgan fingerprint density at radius 1 is 1.33 bits per heavy atom. The normalized spacial score (nSPS) is 12.2. The van der Waals surface area contributed by atoms with Crippen molar-refractivity contribution >= 4 is 19.0 Å². The number of nitrogens with zero attached hydrogens (tertiary/aromatic N) is 2. The minimum atomic E-state index is -1.10. The highest BCUT2D eigenvalue weighted by molar-refractivity contribution is 6.76. The Labute approximate surface area is 125 Å². The van der Waals surface area contributed by atoms with Gasteiger partial charge in [-0.1, -0.05) is 19.6 Å². The van der Waals surface area contributed by atoms with E-state index in [1.54, 1.807) is 10.7 Å². The molecule has 21 heavy (non-hydrogen) atoms. The van der Waals surface area contributed by atoms with Gasteiger partial charge in [-0.05, 0) is 24.2 Å². The zero-order chi connectivity index (χ0) is 15.5. The lowest BCUT2D eigenvalue weighted by molar-refractivity contribution is 0.0813. The Kier molecular flexibility index (Phi) is 5.13. The fourth-order valence-electron chi connectivity index (χ4n) is 2.14. The molecule has 0 aliphatic rings. The molecule has 0 atom stereocenters. The molecular weight excluding hydrogens is 287 g/mol. The van der Waals surface area contributed by atoms with Crippen LogP contribution in [0.5, 0.6) is 0 Å². The third-order valence-electron chi connectivity index (χ3n) is 3.35. The van der Waals surface area contributed by atoms with Crippen LogP contribution in [0.1, 0.15) is 5.69 Å². The molecule has 1 N–H and O–H groups in total. The molecule has 0 radical (unpaired) electrons. The number of aliphatic hydroxyl groups excluding tert-OH is 1. The number of ether oxygens (including phenoxy) is 1. The molecule has 0 saturated carbocycles. The summed E-state index contributed by atoms with van der Waals surface area (Å²) in [6.45, 7) is 8.00. The molecule has 0 aliphatic carbocycles. The van der Waals surface area contributed by atoms with Gasteiger partial charge in [-0.25, -0.2) is 9.07 Å². The zero-order valence-electron chi connectivity index (χ0n) is 12.9. The first-order chi connectivity index (χ1) is 9.90. The summed E-state index contributed by atoms with van der Waals surface area (Å²) in [6.07, 6.45) is 0.419. The van der Waals surface area contributed by atoms with Crippen LogP contribution in [-0.4, -0.2) is 36.2 Å². The standard InChI is InChI=1S/C15H23FN2O2Si/c1-21(2,3)9-8-20-11-18-15-5-4-12(16)10-13(15)14(17-18)6-7-19/h4-5,10,19H,6-9,11H2,1-3H3. The predicted molar refractivity (Wildman–Crippen MR) is 84.6 cm³/mol. The van der Waals surface area contributed by atoms with Crippen LogP contribution in [0.25, 0.3) is 10.9 Å². The van der Waals surface area contributed by atoms with E-state index >= 15 is 0 Å². The Bertz CT molecular complexity index is 607. The van der Waals surface area contributed by atoms with Crippen molar-refractivity contribution in [2.75, 3.05) is 13.2 Å². The average molecular weight is 310 g/mol. The second kappa shape index (κ2) is 6.68. The number of hydrogen-bond donors (Lipinski definition) is 1. The van der Waals surface area contributed by atoms with Crippen molar-refractivity contribution in [3.8, 4) is 0 Å². The number of halogens is 1. The number of benzene rings is 1.